The van der Waals surface area contributed by atoms with Crippen LogP contribution in [0.4, 0.5) is 5.82 Å². The van der Waals surface area contributed by atoms with Crippen molar-refractivity contribution < 1.29 is 0 Å². The Labute approximate surface area is 111 Å². The summed E-state index contributed by atoms with van der Waals surface area (Å²) in [5.41, 5.74) is 7.18. The van der Waals surface area contributed by atoms with Gasteiger partial charge in [-0.1, -0.05) is 19.8 Å². The van der Waals surface area contributed by atoms with Gasteiger partial charge in [-0.15, -0.1) is 0 Å². The molecule has 3 nitrogen and oxygen atoms in total. The second-order valence-electron chi connectivity index (χ2n) is 5.00. The van der Waals surface area contributed by atoms with Crippen LogP contribution in [0.3, 0.4) is 0 Å². The Balaban J connectivity index is 2.20. The average molecular weight is 333 g/mol. The summed E-state index contributed by atoms with van der Waals surface area (Å²) in [5.74, 6) is 1.72. The molecule has 1 aliphatic rings. The number of nitrogens with two attached hydrogens (primary N) is 1. The van der Waals surface area contributed by atoms with Gasteiger partial charge in [0, 0.05) is 0 Å². The van der Waals surface area contributed by atoms with Crippen molar-refractivity contribution in [1.82, 2.24) is 9.78 Å². The quantitative estimate of drug-likeness (QED) is 0.631. The maximum Gasteiger partial charge on any atom is 0.135 e. The van der Waals surface area contributed by atoms with Gasteiger partial charge >= 0.3 is 0 Å². The second kappa shape index (κ2) is 4.94. The SMILES string of the molecule is Cc1nn(C2CCCC(C)CC2)c(N)c1I. The Morgan fingerprint density at radius 1 is 1.31 bits per heavy atom. The van der Waals surface area contributed by atoms with Crippen molar-refractivity contribution in [2.75, 3.05) is 5.73 Å². The lowest BCUT2D eigenvalue weighted by Gasteiger charge is -2.16. The van der Waals surface area contributed by atoms with Crippen molar-refractivity contribution in [2.24, 2.45) is 5.92 Å². The van der Waals surface area contributed by atoms with E-state index in [1.54, 1.807) is 0 Å². The molecule has 1 aromatic heterocycles. The van der Waals surface area contributed by atoms with Gasteiger partial charge in [-0.2, -0.15) is 5.10 Å². The van der Waals surface area contributed by atoms with E-state index in [0.29, 0.717) is 6.04 Å². The summed E-state index contributed by atoms with van der Waals surface area (Å²) in [5, 5.41) is 4.58. The number of anilines is 1. The lowest BCUT2D eigenvalue weighted by molar-refractivity contribution is 0.402. The van der Waals surface area contributed by atoms with Crippen LogP contribution in [0.25, 0.3) is 0 Å². The number of hydrogen-bond acceptors (Lipinski definition) is 2. The Hall–Kier alpha value is -0.260. The van der Waals surface area contributed by atoms with Crippen LogP contribution in [0, 0.1) is 16.4 Å². The average Bonchev–Trinajstić information content (AvgIpc) is 2.47. The smallest absolute Gasteiger partial charge is 0.135 e. The summed E-state index contributed by atoms with van der Waals surface area (Å²) in [6, 6.07) is 0.521. The minimum atomic E-state index is 0.521. The molecule has 1 heterocycles. The summed E-state index contributed by atoms with van der Waals surface area (Å²) < 4.78 is 3.18. The van der Waals surface area contributed by atoms with Gasteiger partial charge in [0.1, 0.15) is 5.82 Å². The number of nitrogen functional groups attached to an aromatic ring is 1. The molecule has 1 aromatic rings. The van der Waals surface area contributed by atoms with E-state index in [-0.39, 0.29) is 0 Å². The third-order valence-electron chi connectivity index (χ3n) is 3.62. The first kappa shape index (κ1) is 12.2. The van der Waals surface area contributed by atoms with Gasteiger partial charge in [-0.3, -0.25) is 0 Å². The van der Waals surface area contributed by atoms with Crippen molar-refractivity contribution in [1.29, 1.82) is 0 Å². The van der Waals surface area contributed by atoms with Crippen molar-refractivity contribution in [3.05, 3.63) is 9.26 Å². The monoisotopic (exact) mass is 333 g/mol. The molecule has 1 saturated carbocycles. The van der Waals surface area contributed by atoms with Gasteiger partial charge in [0.2, 0.25) is 0 Å². The molecule has 2 unspecified atom stereocenters. The van der Waals surface area contributed by atoms with Crippen LogP contribution in [0.15, 0.2) is 0 Å². The number of aryl methyl sites for hydroxylation is 1. The second-order valence-corrected chi connectivity index (χ2v) is 6.08. The molecule has 16 heavy (non-hydrogen) atoms. The van der Waals surface area contributed by atoms with E-state index in [1.165, 1.54) is 32.1 Å². The number of aromatic nitrogens is 2. The van der Waals surface area contributed by atoms with Crippen LogP contribution in [-0.2, 0) is 0 Å². The first-order chi connectivity index (χ1) is 7.59. The Kier molecular flexibility index (Phi) is 3.77. The number of hydrogen-bond donors (Lipinski definition) is 1. The Morgan fingerprint density at radius 3 is 2.69 bits per heavy atom. The molecule has 1 aliphatic carbocycles. The van der Waals surface area contributed by atoms with Gasteiger partial charge in [0.15, 0.2) is 0 Å². The molecule has 0 bridgehead atoms. The highest BCUT2D eigenvalue weighted by Gasteiger charge is 2.21. The molecule has 2 rings (SSSR count). The third kappa shape index (κ3) is 2.36. The molecule has 1 fully saturated rings. The molecule has 2 N–H and O–H groups in total. The predicted octanol–water partition coefficient (Wildman–Crippen LogP) is 3.52. The molecule has 0 amide bonds. The van der Waals surface area contributed by atoms with Crippen LogP contribution < -0.4 is 5.73 Å². The fourth-order valence-electron chi connectivity index (χ4n) is 2.54. The minimum Gasteiger partial charge on any atom is -0.383 e. The normalized spacial score (nSPS) is 26.7. The van der Waals surface area contributed by atoms with Gasteiger partial charge in [0.05, 0.1) is 15.3 Å². The topological polar surface area (TPSA) is 43.8 Å². The maximum atomic E-state index is 6.11. The molecular weight excluding hydrogens is 313 g/mol. The van der Waals surface area contributed by atoms with E-state index in [2.05, 4.69) is 39.3 Å². The fourth-order valence-corrected chi connectivity index (χ4v) is 2.89. The van der Waals surface area contributed by atoms with Crippen molar-refractivity contribution in [3.63, 3.8) is 0 Å². The summed E-state index contributed by atoms with van der Waals surface area (Å²) in [6.45, 7) is 4.39. The van der Waals surface area contributed by atoms with E-state index < -0.39 is 0 Å². The van der Waals surface area contributed by atoms with E-state index >= 15 is 0 Å². The van der Waals surface area contributed by atoms with Crippen LogP contribution in [-0.4, -0.2) is 9.78 Å². The highest BCUT2D eigenvalue weighted by Crippen LogP contribution is 2.33. The minimum absolute atomic E-state index is 0.521. The Morgan fingerprint density at radius 2 is 2.06 bits per heavy atom. The van der Waals surface area contributed by atoms with Gasteiger partial charge in [-0.25, -0.2) is 4.68 Å². The van der Waals surface area contributed by atoms with E-state index in [0.717, 1.165) is 21.0 Å². The lowest BCUT2D eigenvalue weighted by atomic mass is 10.0. The van der Waals surface area contributed by atoms with Crippen molar-refractivity contribution >= 4 is 28.4 Å². The van der Waals surface area contributed by atoms with Gasteiger partial charge in [-0.05, 0) is 54.7 Å². The molecule has 0 saturated heterocycles. The largest absolute Gasteiger partial charge is 0.383 e. The zero-order valence-electron chi connectivity index (χ0n) is 10.0. The first-order valence-corrected chi connectivity index (χ1v) is 7.17. The van der Waals surface area contributed by atoms with Gasteiger partial charge < -0.3 is 5.73 Å². The van der Waals surface area contributed by atoms with Crippen LogP contribution in [0.2, 0.25) is 0 Å². The van der Waals surface area contributed by atoms with Gasteiger partial charge in [0.25, 0.3) is 0 Å². The molecule has 4 heteroatoms. The number of nitrogens with zero attached hydrogens (tertiary/aromatic N) is 2. The fraction of sp³-hybridized carbons (Fsp3) is 0.750. The summed E-state index contributed by atoms with van der Waals surface area (Å²) >= 11 is 2.29. The summed E-state index contributed by atoms with van der Waals surface area (Å²) in [6.07, 6.45) is 6.42. The van der Waals surface area contributed by atoms with Crippen molar-refractivity contribution in [2.45, 2.75) is 52.0 Å². The molecule has 0 aliphatic heterocycles. The highest BCUT2D eigenvalue weighted by atomic mass is 127. The molecular formula is C12H20IN3. The first-order valence-electron chi connectivity index (χ1n) is 6.09. The number of rotatable bonds is 1. The molecule has 2 atom stereocenters. The van der Waals surface area contributed by atoms with E-state index in [4.69, 9.17) is 5.73 Å². The maximum absolute atomic E-state index is 6.11. The predicted molar refractivity (Wildman–Crippen MR) is 75.4 cm³/mol. The summed E-state index contributed by atoms with van der Waals surface area (Å²) in [4.78, 5) is 0. The van der Waals surface area contributed by atoms with E-state index in [9.17, 15) is 0 Å². The Bertz CT molecular complexity index is 373. The number of halogens is 1. The zero-order valence-corrected chi connectivity index (χ0v) is 12.2. The molecule has 0 aromatic carbocycles. The van der Waals surface area contributed by atoms with Crippen LogP contribution in [0.5, 0.6) is 0 Å². The van der Waals surface area contributed by atoms with Crippen LogP contribution in [0.1, 0.15) is 50.8 Å². The standard InChI is InChI=1S/C12H20IN3/c1-8-4-3-5-10(7-6-8)16-12(14)11(13)9(2)15-16/h8,10H,3-7,14H2,1-2H3. The molecule has 90 valence electrons. The summed E-state index contributed by atoms with van der Waals surface area (Å²) in [7, 11) is 0. The molecule has 0 spiro atoms. The van der Waals surface area contributed by atoms with Crippen LogP contribution >= 0.6 is 22.6 Å². The third-order valence-corrected chi connectivity index (χ3v) is 4.95. The lowest BCUT2D eigenvalue weighted by Crippen LogP contribution is -2.13. The highest BCUT2D eigenvalue weighted by molar-refractivity contribution is 14.1. The van der Waals surface area contributed by atoms with E-state index in [1.807, 2.05) is 6.92 Å². The zero-order chi connectivity index (χ0) is 11.7. The molecule has 0 radical (unpaired) electrons. The van der Waals surface area contributed by atoms with Crippen molar-refractivity contribution in [3.8, 4) is 0 Å².